The Balaban J connectivity index is 1.91. The van der Waals surface area contributed by atoms with Gasteiger partial charge < -0.3 is 5.11 Å². The molecule has 3 atom stereocenters. The highest BCUT2D eigenvalue weighted by atomic mass is 16.3. The van der Waals surface area contributed by atoms with Gasteiger partial charge in [0.25, 0.3) is 0 Å². The van der Waals surface area contributed by atoms with E-state index in [-0.39, 0.29) is 0 Å². The Bertz CT molecular complexity index is 168. The van der Waals surface area contributed by atoms with Crippen LogP contribution in [0.1, 0.15) is 46.0 Å². The summed E-state index contributed by atoms with van der Waals surface area (Å²) in [4.78, 5) is 0. The summed E-state index contributed by atoms with van der Waals surface area (Å²) in [6, 6.07) is 0. The summed E-state index contributed by atoms with van der Waals surface area (Å²) in [5, 5.41) is 9.71. The van der Waals surface area contributed by atoms with E-state index in [2.05, 4.69) is 0 Å². The van der Waals surface area contributed by atoms with Gasteiger partial charge in [-0.25, -0.2) is 0 Å². The summed E-state index contributed by atoms with van der Waals surface area (Å²) in [6.45, 7) is 3.89. The minimum absolute atomic E-state index is 0.435. The minimum Gasteiger partial charge on any atom is -0.390 e. The van der Waals surface area contributed by atoms with Crippen molar-refractivity contribution in [2.45, 2.75) is 51.6 Å². The Labute approximate surface area is 75.2 Å². The van der Waals surface area contributed by atoms with Crippen LogP contribution >= 0.6 is 0 Å². The Kier molecular flexibility index (Phi) is 1.95. The predicted molar refractivity (Wildman–Crippen MR) is 49.9 cm³/mol. The molecule has 0 heterocycles. The van der Waals surface area contributed by atoms with E-state index in [0.717, 1.165) is 24.2 Å². The summed E-state index contributed by atoms with van der Waals surface area (Å²) in [5.41, 5.74) is -0.435. The number of hydrogen-bond donors (Lipinski definition) is 1. The van der Waals surface area contributed by atoms with Crippen molar-refractivity contribution in [1.82, 2.24) is 0 Å². The molecule has 0 saturated heterocycles. The lowest BCUT2D eigenvalue weighted by Crippen LogP contribution is -2.25. The normalized spacial score (nSPS) is 40.8. The van der Waals surface area contributed by atoms with Crippen molar-refractivity contribution in [1.29, 1.82) is 0 Å². The number of hydrogen-bond acceptors (Lipinski definition) is 1. The van der Waals surface area contributed by atoms with Crippen molar-refractivity contribution in [3.63, 3.8) is 0 Å². The first-order valence-corrected chi connectivity index (χ1v) is 5.27. The summed E-state index contributed by atoms with van der Waals surface area (Å²) in [7, 11) is 0. The van der Waals surface area contributed by atoms with Crippen LogP contribution < -0.4 is 0 Å². The smallest absolute Gasteiger partial charge is 0.0594 e. The third-order valence-corrected chi connectivity index (χ3v) is 3.65. The van der Waals surface area contributed by atoms with Crippen molar-refractivity contribution in [2.75, 3.05) is 0 Å². The van der Waals surface area contributed by atoms with E-state index in [4.69, 9.17) is 0 Å². The molecule has 3 unspecified atom stereocenters. The molecular formula is C11H20O. The van der Waals surface area contributed by atoms with Gasteiger partial charge in [0.05, 0.1) is 5.60 Å². The van der Waals surface area contributed by atoms with Crippen molar-refractivity contribution in [2.24, 2.45) is 17.8 Å². The van der Waals surface area contributed by atoms with Gasteiger partial charge in [0.1, 0.15) is 0 Å². The highest BCUT2D eigenvalue weighted by molar-refractivity contribution is 4.92. The molecule has 12 heavy (non-hydrogen) atoms. The van der Waals surface area contributed by atoms with E-state index < -0.39 is 5.60 Å². The number of rotatable bonds is 2. The Morgan fingerprint density at radius 1 is 1.25 bits per heavy atom. The molecule has 2 saturated carbocycles. The first-order chi connectivity index (χ1) is 5.54. The van der Waals surface area contributed by atoms with E-state index in [1.807, 2.05) is 13.8 Å². The van der Waals surface area contributed by atoms with Crippen LogP contribution in [0.15, 0.2) is 0 Å². The third kappa shape index (κ3) is 1.66. The molecule has 1 N–H and O–H groups in total. The molecule has 0 spiro atoms. The molecule has 1 nitrogen and oxygen atoms in total. The van der Waals surface area contributed by atoms with Crippen LogP contribution in [0.2, 0.25) is 0 Å². The topological polar surface area (TPSA) is 20.2 Å². The SMILES string of the molecule is CC(C)(O)CC1CC2CCC1C2. The molecule has 2 aliphatic carbocycles. The van der Waals surface area contributed by atoms with E-state index >= 15 is 0 Å². The van der Waals surface area contributed by atoms with E-state index in [0.29, 0.717) is 0 Å². The Hall–Kier alpha value is -0.0400. The molecule has 0 aliphatic heterocycles. The molecule has 0 aromatic rings. The highest BCUT2D eigenvalue weighted by Crippen LogP contribution is 2.50. The van der Waals surface area contributed by atoms with Crippen LogP contribution in [0.5, 0.6) is 0 Å². The molecule has 2 bridgehead atoms. The summed E-state index contributed by atoms with van der Waals surface area (Å²) < 4.78 is 0. The Morgan fingerprint density at radius 3 is 2.42 bits per heavy atom. The van der Waals surface area contributed by atoms with Gasteiger partial charge in [-0.15, -0.1) is 0 Å². The maximum absolute atomic E-state index is 9.71. The lowest BCUT2D eigenvalue weighted by atomic mass is 9.81. The van der Waals surface area contributed by atoms with Crippen molar-refractivity contribution in [3.8, 4) is 0 Å². The van der Waals surface area contributed by atoms with Crippen molar-refractivity contribution in [3.05, 3.63) is 0 Å². The van der Waals surface area contributed by atoms with Crippen LogP contribution in [0.25, 0.3) is 0 Å². The lowest BCUT2D eigenvalue weighted by Gasteiger charge is -2.27. The largest absolute Gasteiger partial charge is 0.390 e. The molecule has 0 aromatic heterocycles. The van der Waals surface area contributed by atoms with E-state index in [1.165, 1.54) is 25.7 Å². The summed E-state index contributed by atoms with van der Waals surface area (Å²) in [5.74, 6) is 2.81. The van der Waals surface area contributed by atoms with Gasteiger partial charge in [-0.3, -0.25) is 0 Å². The van der Waals surface area contributed by atoms with Gasteiger partial charge in [0.15, 0.2) is 0 Å². The summed E-state index contributed by atoms with van der Waals surface area (Å²) in [6.07, 6.45) is 6.78. The van der Waals surface area contributed by atoms with Gasteiger partial charge >= 0.3 is 0 Å². The van der Waals surface area contributed by atoms with Gasteiger partial charge in [-0.2, -0.15) is 0 Å². The van der Waals surface area contributed by atoms with E-state index in [1.54, 1.807) is 0 Å². The first kappa shape index (κ1) is 8.55. The first-order valence-electron chi connectivity index (χ1n) is 5.27. The molecule has 0 aromatic carbocycles. The van der Waals surface area contributed by atoms with Crippen LogP contribution in [0.4, 0.5) is 0 Å². The van der Waals surface area contributed by atoms with Crippen LogP contribution in [0.3, 0.4) is 0 Å². The zero-order valence-electron chi connectivity index (χ0n) is 8.21. The summed E-state index contributed by atoms with van der Waals surface area (Å²) >= 11 is 0. The molecule has 2 aliphatic rings. The molecule has 70 valence electrons. The zero-order chi connectivity index (χ0) is 8.77. The molecular weight excluding hydrogens is 148 g/mol. The van der Waals surface area contributed by atoms with Crippen LogP contribution in [0, 0.1) is 17.8 Å². The van der Waals surface area contributed by atoms with Crippen molar-refractivity contribution >= 4 is 0 Å². The fourth-order valence-electron chi connectivity index (χ4n) is 3.27. The molecule has 2 fully saturated rings. The monoisotopic (exact) mass is 168 g/mol. The molecule has 0 radical (unpaired) electrons. The van der Waals surface area contributed by atoms with Gasteiger partial charge in [0.2, 0.25) is 0 Å². The van der Waals surface area contributed by atoms with E-state index in [9.17, 15) is 5.11 Å². The van der Waals surface area contributed by atoms with Gasteiger partial charge in [-0.05, 0) is 57.3 Å². The maximum Gasteiger partial charge on any atom is 0.0594 e. The quantitative estimate of drug-likeness (QED) is 0.672. The Morgan fingerprint density at radius 2 is 2.00 bits per heavy atom. The fourth-order valence-corrected chi connectivity index (χ4v) is 3.27. The van der Waals surface area contributed by atoms with Gasteiger partial charge in [0, 0.05) is 0 Å². The second kappa shape index (κ2) is 2.73. The predicted octanol–water partition coefficient (Wildman–Crippen LogP) is 2.58. The molecule has 1 heteroatoms. The zero-order valence-corrected chi connectivity index (χ0v) is 8.21. The van der Waals surface area contributed by atoms with Crippen LogP contribution in [-0.4, -0.2) is 10.7 Å². The number of fused-ring (bicyclic) bond motifs is 2. The standard InChI is InChI=1S/C11H20O/c1-11(2,12)7-10-6-8-3-4-9(10)5-8/h8-10,12H,3-7H2,1-2H3. The van der Waals surface area contributed by atoms with Gasteiger partial charge in [-0.1, -0.05) is 6.42 Å². The van der Waals surface area contributed by atoms with Crippen molar-refractivity contribution < 1.29 is 5.11 Å². The third-order valence-electron chi connectivity index (χ3n) is 3.65. The van der Waals surface area contributed by atoms with Crippen LogP contribution in [-0.2, 0) is 0 Å². The average Bonchev–Trinajstić information content (AvgIpc) is 2.42. The number of aliphatic hydroxyl groups is 1. The molecule has 2 rings (SSSR count). The second-order valence-electron chi connectivity index (χ2n) is 5.45. The fraction of sp³-hybridized carbons (Fsp3) is 1.00. The lowest BCUT2D eigenvalue weighted by molar-refractivity contribution is 0.0421. The second-order valence-corrected chi connectivity index (χ2v) is 5.45. The highest BCUT2D eigenvalue weighted by Gasteiger charge is 2.40. The maximum atomic E-state index is 9.71. The molecule has 0 amide bonds. The average molecular weight is 168 g/mol. The minimum atomic E-state index is -0.435.